The Labute approximate surface area is 204 Å². The fourth-order valence-electron chi connectivity index (χ4n) is 3.51. The standard InChI is InChI=1S/C24H25Cl2NO5S/c1-16(15-32-20-6-4-3-5-7-20)27(17(2)24(29)18-8-10-19(28)11-9-18)33(30,31)21-12-13-22(25)23(26)14-21/h3-14,16-17,24,28-29H,15H2,1-2H3. The lowest BCUT2D eigenvalue weighted by molar-refractivity contribution is 0.0731. The maximum absolute atomic E-state index is 13.7. The molecule has 2 N–H and O–H groups in total. The molecule has 3 aromatic carbocycles. The number of nitrogens with zero attached hydrogens (tertiary/aromatic N) is 1. The molecular weight excluding hydrogens is 485 g/mol. The molecule has 0 radical (unpaired) electrons. The predicted octanol–water partition coefficient (Wildman–Crippen LogP) is 5.28. The minimum absolute atomic E-state index is 0.0449. The van der Waals surface area contributed by atoms with Crippen LogP contribution in [-0.4, -0.2) is 41.6 Å². The number of para-hydroxylation sites is 1. The first-order chi connectivity index (χ1) is 15.6. The number of rotatable bonds is 9. The van der Waals surface area contributed by atoms with Gasteiger partial charge in [0.15, 0.2) is 0 Å². The molecule has 0 aromatic heterocycles. The van der Waals surface area contributed by atoms with Gasteiger partial charge in [0, 0.05) is 0 Å². The zero-order valence-corrected chi connectivity index (χ0v) is 20.4. The quantitative estimate of drug-likeness (QED) is 0.409. The van der Waals surface area contributed by atoms with Crippen LogP contribution in [0.4, 0.5) is 0 Å². The van der Waals surface area contributed by atoms with Crippen LogP contribution in [0.5, 0.6) is 11.5 Å². The van der Waals surface area contributed by atoms with E-state index in [1.165, 1.54) is 34.6 Å². The molecule has 0 saturated heterocycles. The van der Waals surface area contributed by atoms with Gasteiger partial charge in [0.1, 0.15) is 18.1 Å². The number of phenolic OH excluding ortho intramolecular Hbond substituents is 1. The summed E-state index contributed by atoms with van der Waals surface area (Å²) in [5, 5.41) is 20.9. The smallest absolute Gasteiger partial charge is 0.243 e. The first-order valence-electron chi connectivity index (χ1n) is 10.2. The molecule has 0 aliphatic heterocycles. The molecule has 0 heterocycles. The van der Waals surface area contributed by atoms with E-state index >= 15 is 0 Å². The van der Waals surface area contributed by atoms with E-state index in [2.05, 4.69) is 0 Å². The lowest BCUT2D eigenvalue weighted by atomic mass is 10.0. The molecule has 0 saturated carbocycles. The van der Waals surface area contributed by atoms with E-state index < -0.39 is 28.2 Å². The Morgan fingerprint density at radius 1 is 0.939 bits per heavy atom. The van der Waals surface area contributed by atoms with Gasteiger partial charge in [-0.1, -0.05) is 53.5 Å². The molecule has 33 heavy (non-hydrogen) atoms. The Bertz CT molecular complexity index is 1170. The van der Waals surface area contributed by atoms with Crippen LogP contribution >= 0.6 is 23.2 Å². The van der Waals surface area contributed by atoms with Crippen molar-refractivity contribution in [1.29, 1.82) is 0 Å². The maximum Gasteiger partial charge on any atom is 0.243 e. The van der Waals surface area contributed by atoms with Crippen molar-refractivity contribution >= 4 is 33.2 Å². The van der Waals surface area contributed by atoms with Crippen molar-refractivity contribution in [3.63, 3.8) is 0 Å². The van der Waals surface area contributed by atoms with Crippen LogP contribution in [0.2, 0.25) is 10.0 Å². The van der Waals surface area contributed by atoms with Gasteiger partial charge < -0.3 is 14.9 Å². The number of ether oxygens (including phenoxy) is 1. The highest BCUT2D eigenvalue weighted by Gasteiger charge is 2.37. The average molecular weight is 510 g/mol. The van der Waals surface area contributed by atoms with E-state index in [1.807, 2.05) is 18.2 Å². The Morgan fingerprint density at radius 2 is 1.58 bits per heavy atom. The van der Waals surface area contributed by atoms with Crippen molar-refractivity contribution in [2.75, 3.05) is 6.61 Å². The van der Waals surface area contributed by atoms with Crippen LogP contribution in [0.1, 0.15) is 25.5 Å². The zero-order valence-electron chi connectivity index (χ0n) is 18.1. The van der Waals surface area contributed by atoms with Gasteiger partial charge in [-0.25, -0.2) is 8.42 Å². The van der Waals surface area contributed by atoms with E-state index in [0.29, 0.717) is 11.3 Å². The number of aromatic hydroxyl groups is 1. The second-order valence-electron chi connectivity index (χ2n) is 7.66. The van der Waals surface area contributed by atoms with Crippen LogP contribution in [0.15, 0.2) is 77.7 Å². The summed E-state index contributed by atoms with van der Waals surface area (Å²) in [4.78, 5) is -0.0479. The minimum atomic E-state index is -4.10. The van der Waals surface area contributed by atoms with Crippen molar-refractivity contribution in [1.82, 2.24) is 4.31 Å². The Kier molecular flexibility index (Phi) is 8.26. The molecule has 176 valence electrons. The molecule has 3 aromatic rings. The molecule has 3 unspecified atom stereocenters. The molecule has 0 fully saturated rings. The summed E-state index contributed by atoms with van der Waals surface area (Å²) < 4.78 is 34.4. The molecule has 0 aliphatic rings. The lowest BCUT2D eigenvalue weighted by Gasteiger charge is -2.36. The number of aliphatic hydroxyl groups excluding tert-OH is 1. The number of sulfonamides is 1. The highest BCUT2D eigenvalue weighted by Crippen LogP contribution is 2.32. The Morgan fingerprint density at radius 3 is 2.18 bits per heavy atom. The monoisotopic (exact) mass is 509 g/mol. The van der Waals surface area contributed by atoms with Crippen LogP contribution < -0.4 is 4.74 Å². The third-order valence-electron chi connectivity index (χ3n) is 5.23. The van der Waals surface area contributed by atoms with Gasteiger partial charge >= 0.3 is 0 Å². The minimum Gasteiger partial charge on any atom is -0.508 e. The normalized spacial score (nSPS) is 14.6. The van der Waals surface area contributed by atoms with Gasteiger partial charge in [-0.3, -0.25) is 0 Å². The SMILES string of the molecule is CC(COc1ccccc1)N(C(C)C(O)c1ccc(O)cc1)S(=O)(=O)c1ccc(Cl)c(Cl)c1. The molecular formula is C24H25Cl2NO5S. The van der Waals surface area contributed by atoms with Gasteiger partial charge in [0.05, 0.1) is 33.1 Å². The zero-order chi connectivity index (χ0) is 24.2. The molecule has 0 aliphatic carbocycles. The van der Waals surface area contributed by atoms with Crippen LogP contribution in [0.3, 0.4) is 0 Å². The highest BCUT2D eigenvalue weighted by atomic mass is 35.5. The van der Waals surface area contributed by atoms with Gasteiger partial charge in [-0.2, -0.15) is 4.31 Å². The lowest BCUT2D eigenvalue weighted by Crippen LogP contribution is -2.49. The van der Waals surface area contributed by atoms with Crippen molar-refractivity contribution in [3.8, 4) is 11.5 Å². The molecule has 3 rings (SSSR count). The van der Waals surface area contributed by atoms with Gasteiger partial charge in [-0.05, 0) is 61.9 Å². The molecule has 3 atom stereocenters. The van der Waals surface area contributed by atoms with Crippen molar-refractivity contribution in [2.24, 2.45) is 0 Å². The van der Waals surface area contributed by atoms with E-state index in [-0.39, 0.29) is 27.3 Å². The van der Waals surface area contributed by atoms with E-state index in [1.54, 1.807) is 38.1 Å². The predicted molar refractivity (Wildman–Crippen MR) is 129 cm³/mol. The number of aliphatic hydroxyl groups is 1. The maximum atomic E-state index is 13.7. The number of halogens is 2. The molecule has 9 heteroatoms. The average Bonchev–Trinajstić information content (AvgIpc) is 2.80. The summed E-state index contributed by atoms with van der Waals surface area (Å²) in [7, 11) is -4.10. The van der Waals surface area contributed by atoms with Crippen LogP contribution in [0, 0.1) is 0 Å². The first kappa shape index (κ1) is 25.3. The van der Waals surface area contributed by atoms with Gasteiger partial charge in [0.2, 0.25) is 10.0 Å². The van der Waals surface area contributed by atoms with E-state index in [9.17, 15) is 18.6 Å². The summed E-state index contributed by atoms with van der Waals surface area (Å²) in [6.07, 6.45) is -1.16. The summed E-state index contributed by atoms with van der Waals surface area (Å²) in [5.74, 6) is 0.645. The topological polar surface area (TPSA) is 87.1 Å². The van der Waals surface area contributed by atoms with Crippen molar-refractivity contribution in [3.05, 3.63) is 88.4 Å². The molecule has 0 bridgehead atoms. The Balaban J connectivity index is 1.96. The summed E-state index contributed by atoms with van der Waals surface area (Å²) in [5.41, 5.74) is 0.464. The van der Waals surface area contributed by atoms with Crippen molar-refractivity contribution < 1.29 is 23.4 Å². The summed E-state index contributed by atoms with van der Waals surface area (Å²) in [6, 6.07) is 17.6. The van der Waals surface area contributed by atoms with Gasteiger partial charge in [0.25, 0.3) is 0 Å². The van der Waals surface area contributed by atoms with Gasteiger partial charge in [-0.15, -0.1) is 0 Å². The fourth-order valence-corrected chi connectivity index (χ4v) is 5.71. The largest absolute Gasteiger partial charge is 0.508 e. The van der Waals surface area contributed by atoms with E-state index in [0.717, 1.165) is 0 Å². The van der Waals surface area contributed by atoms with Crippen LogP contribution in [-0.2, 0) is 10.0 Å². The molecule has 0 spiro atoms. The molecule has 0 amide bonds. The molecule has 6 nitrogen and oxygen atoms in total. The van der Waals surface area contributed by atoms with Crippen molar-refractivity contribution in [2.45, 2.75) is 36.9 Å². The number of hydrogen-bond donors (Lipinski definition) is 2. The van der Waals surface area contributed by atoms with Crippen LogP contribution in [0.25, 0.3) is 0 Å². The second kappa shape index (κ2) is 10.8. The summed E-state index contributed by atoms with van der Waals surface area (Å²) in [6.45, 7) is 3.38. The Hall–Kier alpha value is -2.29. The second-order valence-corrected chi connectivity index (χ2v) is 10.3. The van der Waals surface area contributed by atoms with E-state index in [4.69, 9.17) is 27.9 Å². The summed E-state index contributed by atoms with van der Waals surface area (Å²) >= 11 is 12.1. The first-order valence-corrected chi connectivity index (χ1v) is 12.4. The number of phenols is 1. The number of hydrogen-bond acceptors (Lipinski definition) is 5. The fraction of sp³-hybridized carbons (Fsp3) is 0.250. The third-order valence-corrected chi connectivity index (χ3v) is 8.06. The number of benzene rings is 3. The third kappa shape index (κ3) is 5.99. The highest BCUT2D eigenvalue weighted by molar-refractivity contribution is 7.89.